The molecule has 0 amide bonds. The maximum absolute atomic E-state index is 13.0. The minimum absolute atomic E-state index is 0.213. The van der Waals surface area contributed by atoms with Crippen molar-refractivity contribution in [3.05, 3.63) is 54.2 Å². The number of hydrogen-bond donors (Lipinski definition) is 1. The SMILES string of the molecule is NCc1nc(CN2CCN(S(=O)(=O)c3ccc4ccccc4c3)CC2)no1. The number of nitrogens with zero attached hydrogens (tertiary/aromatic N) is 4. The van der Waals surface area contributed by atoms with E-state index in [1.807, 2.05) is 30.3 Å². The zero-order valence-electron chi connectivity index (χ0n) is 14.8. The molecule has 8 nitrogen and oxygen atoms in total. The van der Waals surface area contributed by atoms with E-state index < -0.39 is 10.0 Å². The third-order valence-corrected chi connectivity index (χ3v) is 6.63. The van der Waals surface area contributed by atoms with Gasteiger partial charge in [0.25, 0.3) is 0 Å². The van der Waals surface area contributed by atoms with Gasteiger partial charge in [0.1, 0.15) is 0 Å². The van der Waals surface area contributed by atoms with Crippen LogP contribution in [0.15, 0.2) is 51.9 Å². The van der Waals surface area contributed by atoms with Gasteiger partial charge in [-0.15, -0.1) is 0 Å². The van der Waals surface area contributed by atoms with E-state index in [1.54, 1.807) is 12.1 Å². The van der Waals surface area contributed by atoms with Crippen LogP contribution in [-0.4, -0.2) is 53.9 Å². The molecule has 1 aliphatic rings. The van der Waals surface area contributed by atoms with Crippen molar-refractivity contribution in [1.82, 2.24) is 19.3 Å². The molecule has 0 radical (unpaired) electrons. The Hall–Kier alpha value is -2.33. The number of piperazine rings is 1. The van der Waals surface area contributed by atoms with Crippen LogP contribution in [0, 0.1) is 0 Å². The predicted molar refractivity (Wildman–Crippen MR) is 100 cm³/mol. The number of sulfonamides is 1. The summed E-state index contributed by atoms with van der Waals surface area (Å²) in [5, 5.41) is 5.83. The Bertz CT molecular complexity index is 1040. The molecule has 0 aliphatic carbocycles. The molecule has 2 aromatic carbocycles. The van der Waals surface area contributed by atoms with Gasteiger partial charge >= 0.3 is 0 Å². The first kappa shape index (κ1) is 18.1. The molecular formula is C18H21N5O3S. The van der Waals surface area contributed by atoms with E-state index in [0.29, 0.717) is 49.3 Å². The standard InChI is InChI=1S/C18H21N5O3S/c19-12-18-20-17(21-26-18)13-22-7-9-23(10-8-22)27(24,25)16-6-5-14-3-1-2-4-15(14)11-16/h1-6,11H,7-10,12-13,19H2. The van der Waals surface area contributed by atoms with Gasteiger partial charge in [-0.1, -0.05) is 35.5 Å². The Morgan fingerprint density at radius 2 is 1.78 bits per heavy atom. The van der Waals surface area contributed by atoms with Crippen LogP contribution in [0.4, 0.5) is 0 Å². The third kappa shape index (κ3) is 3.72. The summed E-state index contributed by atoms with van der Waals surface area (Å²) in [6.45, 7) is 2.81. The lowest BCUT2D eigenvalue weighted by Gasteiger charge is -2.33. The lowest BCUT2D eigenvalue weighted by molar-refractivity contribution is 0.176. The summed E-state index contributed by atoms with van der Waals surface area (Å²) in [4.78, 5) is 6.63. The number of aromatic nitrogens is 2. The van der Waals surface area contributed by atoms with Gasteiger partial charge < -0.3 is 10.3 Å². The minimum Gasteiger partial charge on any atom is -0.338 e. The number of rotatable bonds is 5. The molecular weight excluding hydrogens is 366 g/mol. The molecule has 4 rings (SSSR count). The highest BCUT2D eigenvalue weighted by Gasteiger charge is 2.29. The van der Waals surface area contributed by atoms with Gasteiger partial charge in [0, 0.05) is 26.2 Å². The number of fused-ring (bicyclic) bond motifs is 1. The van der Waals surface area contributed by atoms with Gasteiger partial charge in [0.15, 0.2) is 5.82 Å². The second kappa shape index (κ2) is 7.35. The molecule has 27 heavy (non-hydrogen) atoms. The summed E-state index contributed by atoms with van der Waals surface area (Å²) in [5.41, 5.74) is 5.47. The van der Waals surface area contributed by atoms with Gasteiger partial charge in [0.2, 0.25) is 15.9 Å². The van der Waals surface area contributed by atoms with Crippen LogP contribution in [-0.2, 0) is 23.1 Å². The highest BCUT2D eigenvalue weighted by Crippen LogP contribution is 2.23. The molecule has 0 spiro atoms. The highest BCUT2D eigenvalue weighted by molar-refractivity contribution is 7.89. The van der Waals surface area contributed by atoms with Crippen molar-refractivity contribution in [2.45, 2.75) is 18.0 Å². The lowest BCUT2D eigenvalue weighted by atomic mass is 10.1. The lowest BCUT2D eigenvalue weighted by Crippen LogP contribution is -2.48. The van der Waals surface area contributed by atoms with Gasteiger partial charge in [0.05, 0.1) is 18.0 Å². The van der Waals surface area contributed by atoms with E-state index in [9.17, 15) is 8.42 Å². The fourth-order valence-corrected chi connectivity index (χ4v) is 4.70. The second-order valence-electron chi connectivity index (χ2n) is 6.50. The average molecular weight is 387 g/mol. The molecule has 1 aliphatic heterocycles. The topological polar surface area (TPSA) is 106 Å². The summed E-state index contributed by atoms with van der Waals surface area (Å²) < 4.78 is 32.5. The zero-order valence-corrected chi connectivity index (χ0v) is 15.6. The first-order chi connectivity index (χ1) is 13.1. The van der Waals surface area contributed by atoms with Gasteiger partial charge in [-0.05, 0) is 22.9 Å². The molecule has 1 saturated heterocycles. The van der Waals surface area contributed by atoms with Crippen LogP contribution in [0.3, 0.4) is 0 Å². The van der Waals surface area contributed by atoms with E-state index in [2.05, 4.69) is 15.0 Å². The van der Waals surface area contributed by atoms with Crippen LogP contribution in [0.5, 0.6) is 0 Å². The van der Waals surface area contributed by atoms with Crippen LogP contribution in [0.2, 0.25) is 0 Å². The number of hydrogen-bond acceptors (Lipinski definition) is 7. The van der Waals surface area contributed by atoms with Crippen molar-refractivity contribution >= 4 is 20.8 Å². The van der Waals surface area contributed by atoms with Gasteiger partial charge in [-0.3, -0.25) is 4.90 Å². The quantitative estimate of drug-likeness (QED) is 0.701. The second-order valence-corrected chi connectivity index (χ2v) is 8.44. The van der Waals surface area contributed by atoms with E-state index in [1.165, 1.54) is 4.31 Å². The Labute approximate surface area is 157 Å². The maximum Gasteiger partial charge on any atom is 0.243 e. The van der Waals surface area contributed by atoms with Crippen LogP contribution < -0.4 is 5.73 Å². The van der Waals surface area contributed by atoms with E-state index in [4.69, 9.17) is 10.3 Å². The highest BCUT2D eigenvalue weighted by atomic mass is 32.2. The molecule has 0 unspecified atom stereocenters. The molecule has 3 aromatic rings. The molecule has 2 heterocycles. The number of benzene rings is 2. The molecule has 9 heteroatoms. The largest absolute Gasteiger partial charge is 0.338 e. The average Bonchev–Trinajstić information content (AvgIpc) is 3.15. The summed E-state index contributed by atoms with van der Waals surface area (Å²) in [5.74, 6) is 0.976. The van der Waals surface area contributed by atoms with Crippen molar-refractivity contribution in [3.63, 3.8) is 0 Å². The molecule has 0 bridgehead atoms. The molecule has 1 fully saturated rings. The van der Waals surface area contributed by atoms with Crippen molar-refractivity contribution < 1.29 is 12.9 Å². The molecule has 0 saturated carbocycles. The first-order valence-electron chi connectivity index (χ1n) is 8.79. The molecule has 142 valence electrons. The first-order valence-corrected chi connectivity index (χ1v) is 10.2. The van der Waals surface area contributed by atoms with E-state index in [0.717, 1.165) is 10.8 Å². The van der Waals surface area contributed by atoms with E-state index >= 15 is 0 Å². The summed E-state index contributed by atoms with van der Waals surface area (Å²) in [6, 6.07) is 13.0. The minimum atomic E-state index is -3.51. The predicted octanol–water partition coefficient (Wildman–Crippen LogP) is 1.19. The Morgan fingerprint density at radius 1 is 1.04 bits per heavy atom. The van der Waals surface area contributed by atoms with Crippen molar-refractivity contribution in [2.24, 2.45) is 5.73 Å². The number of nitrogens with two attached hydrogens (primary N) is 1. The summed E-state index contributed by atoms with van der Waals surface area (Å²) >= 11 is 0. The normalized spacial score (nSPS) is 16.8. The van der Waals surface area contributed by atoms with Gasteiger partial charge in [-0.2, -0.15) is 9.29 Å². The van der Waals surface area contributed by atoms with Crippen molar-refractivity contribution in [3.8, 4) is 0 Å². The Balaban J connectivity index is 1.44. The smallest absolute Gasteiger partial charge is 0.243 e. The molecule has 0 atom stereocenters. The van der Waals surface area contributed by atoms with Crippen molar-refractivity contribution in [2.75, 3.05) is 26.2 Å². The molecule has 2 N–H and O–H groups in total. The Morgan fingerprint density at radius 3 is 2.48 bits per heavy atom. The zero-order chi connectivity index (χ0) is 18.9. The van der Waals surface area contributed by atoms with Crippen LogP contribution in [0.1, 0.15) is 11.7 Å². The summed E-state index contributed by atoms with van der Waals surface area (Å²) in [7, 11) is -3.51. The third-order valence-electron chi connectivity index (χ3n) is 4.74. The molecule has 1 aromatic heterocycles. The summed E-state index contributed by atoms with van der Waals surface area (Å²) in [6.07, 6.45) is 0. The van der Waals surface area contributed by atoms with Crippen LogP contribution in [0.25, 0.3) is 10.8 Å². The maximum atomic E-state index is 13.0. The fraction of sp³-hybridized carbons (Fsp3) is 0.333. The monoisotopic (exact) mass is 387 g/mol. The Kier molecular flexibility index (Phi) is 4.92. The van der Waals surface area contributed by atoms with Gasteiger partial charge in [-0.25, -0.2) is 8.42 Å². The van der Waals surface area contributed by atoms with Crippen LogP contribution >= 0.6 is 0 Å². The van der Waals surface area contributed by atoms with E-state index in [-0.39, 0.29) is 6.54 Å². The van der Waals surface area contributed by atoms with Crippen molar-refractivity contribution in [1.29, 1.82) is 0 Å². The fourth-order valence-electron chi connectivity index (χ4n) is 3.24.